The summed E-state index contributed by atoms with van der Waals surface area (Å²) in [5.74, 6) is 0. The molecule has 2 aromatic rings. The molecule has 0 radical (unpaired) electrons. The van der Waals surface area contributed by atoms with E-state index in [1.807, 2.05) is 6.07 Å². The van der Waals surface area contributed by atoms with Crippen molar-refractivity contribution < 1.29 is 5.21 Å². The van der Waals surface area contributed by atoms with E-state index in [1.54, 1.807) is 24.3 Å². The van der Waals surface area contributed by atoms with Gasteiger partial charge >= 0.3 is 0 Å². The number of hydrogen-bond donors (Lipinski definition) is 2. The molecule has 2 N–H and O–H groups in total. The third-order valence-corrected chi connectivity index (χ3v) is 2.12. The molecule has 0 amide bonds. The van der Waals surface area contributed by atoms with Crippen LogP contribution in [0.2, 0.25) is 0 Å². The molecule has 5 nitrogen and oxygen atoms in total. The Kier molecular flexibility index (Phi) is 2.77. The molecule has 1 aromatic heterocycles. The maximum Gasteiger partial charge on any atom is 0.260 e. The van der Waals surface area contributed by atoms with E-state index in [1.165, 1.54) is 12.5 Å². The van der Waals surface area contributed by atoms with E-state index in [9.17, 15) is 4.79 Å². The Morgan fingerprint density at radius 3 is 2.69 bits per heavy atom. The Hall–Kier alpha value is -2.43. The van der Waals surface area contributed by atoms with Crippen molar-refractivity contribution in [3.8, 4) is 0 Å². The highest BCUT2D eigenvalue weighted by molar-refractivity contribution is 6.12. The smallest absolute Gasteiger partial charge is 0.260 e. The molecule has 80 valence electrons. The van der Waals surface area contributed by atoms with Gasteiger partial charge in [0.15, 0.2) is 0 Å². The van der Waals surface area contributed by atoms with Crippen molar-refractivity contribution in [1.82, 2.24) is 9.97 Å². The first-order valence-electron chi connectivity index (χ1n) is 4.63. The van der Waals surface area contributed by atoms with Gasteiger partial charge < -0.3 is 10.2 Å². The van der Waals surface area contributed by atoms with Crippen LogP contribution in [0.25, 0.3) is 0 Å². The molecule has 0 fully saturated rings. The number of hydrogen-bond acceptors (Lipinski definition) is 4. The van der Waals surface area contributed by atoms with Gasteiger partial charge in [0, 0.05) is 11.8 Å². The molecule has 1 aromatic carbocycles. The monoisotopic (exact) mass is 215 g/mol. The number of H-pyrrole nitrogens is 1. The fourth-order valence-electron chi connectivity index (χ4n) is 1.38. The summed E-state index contributed by atoms with van der Waals surface area (Å²) in [5.41, 5.74) is 0.751. The summed E-state index contributed by atoms with van der Waals surface area (Å²) < 4.78 is 0. The van der Waals surface area contributed by atoms with Gasteiger partial charge in [0.1, 0.15) is 5.71 Å². The molecule has 0 spiro atoms. The second kappa shape index (κ2) is 4.39. The normalized spacial score (nSPS) is 11.4. The summed E-state index contributed by atoms with van der Waals surface area (Å²) in [6.45, 7) is 0. The third-order valence-electron chi connectivity index (χ3n) is 2.12. The quantitative estimate of drug-likeness (QED) is 0.445. The molecule has 0 bridgehead atoms. The SMILES string of the molecule is O=c1[nH]cncc1/C(=N\O)c1ccccc1. The predicted molar refractivity (Wildman–Crippen MR) is 58.7 cm³/mol. The molecule has 2 rings (SSSR count). The van der Waals surface area contributed by atoms with Crippen LogP contribution in [0.1, 0.15) is 11.1 Å². The summed E-state index contributed by atoms with van der Waals surface area (Å²) >= 11 is 0. The van der Waals surface area contributed by atoms with E-state index >= 15 is 0 Å². The van der Waals surface area contributed by atoms with Crippen LogP contribution in [0.5, 0.6) is 0 Å². The van der Waals surface area contributed by atoms with Crippen LogP contribution >= 0.6 is 0 Å². The molecule has 0 unspecified atom stereocenters. The minimum Gasteiger partial charge on any atom is -0.410 e. The van der Waals surface area contributed by atoms with Crippen molar-refractivity contribution in [3.63, 3.8) is 0 Å². The van der Waals surface area contributed by atoms with Crippen LogP contribution in [-0.4, -0.2) is 20.9 Å². The van der Waals surface area contributed by atoms with Crippen molar-refractivity contribution in [2.75, 3.05) is 0 Å². The number of aromatic amines is 1. The fourth-order valence-corrected chi connectivity index (χ4v) is 1.38. The van der Waals surface area contributed by atoms with E-state index < -0.39 is 0 Å². The van der Waals surface area contributed by atoms with Crippen LogP contribution in [0.3, 0.4) is 0 Å². The van der Waals surface area contributed by atoms with Gasteiger partial charge in [-0.05, 0) is 0 Å². The molecule has 5 heteroatoms. The lowest BCUT2D eigenvalue weighted by molar-refractivity contribution is 0.319. The first-order valence-corrected chi connectivity index (χ1v) is 4.63. The Balaban J connectivity index is 2.55. The highest BCUT2D eigenvalue weighted by Crippen LogP contribution is 2.05. The summed E-state index contributed by atoms with van der Waals surface area (Å²) in [5, 5.41) is 12.1. The Bertz CT molecular complexity index is 561. The predicted octanol–water partition coefficient (Wildman–Crippen LogP) is 0.997. The molecule has 0 saturated carbocycles. The van der Waals surface area contributed by atoms with Gasteiger partial charge in [-0.15, -0.1) is 0 Å². The van der Waals surface area contributed by atoms with E-state index in [2.05, 4.69) is 15.1 Å². The lowest BCUT2D eigenvalue weighted by atomic mass is 10.1. The lowest BCUT2D eigenvalue weighted by Gasteiger charge is -2.02. The zero-order chi connectivity index (χ0) is 11.4. The van der Waals surface area contributed by atoms with Crippen LogP contribution in [0.4, 0.5) is 0 Å². The van der Waals surface area contributed by atoms with Crippen molar-refractivity contribution in [1.29, 1.82) is 0 Å². The van der Waals surface area contributed by atoms with Crippen LogP contribution in [-0.2, 0) is 0 Å². The molecule has 0 aliphatic rings. The number of nitrogens with one attached hydrogen (secondary N) is 1. The van der Waals surface area contributed by atoms with E-state index in [4.69, 9.17) is 5.21 Å². The third kappa shape index (κ3) is 1.83. The zero-order valence-corrected chi connectivity index (χ0v) is 8.29. The second-order valence-corrected chi connectivity index (χ2v) is 3.11. The molecular formula is C11H9N3O2. The van der Waals surface area contributed by atoms with Crippen molar-refractivity contribution in [2.24, 2.45) is 5.16 Å². The van der Waals surface area contributed by atoms with Crippen LogP contribution < -0.4 is 5.56 Å². The van der Waals surface area contributed by atoms with Crippen LogP contribution in [0, 0.1) is 0 Å². The Labute approximate surface area is 91.1 Å². The molecular weight excluding hydrogens is 206 g/mol. The Morgan fingerprint density at radius 2 is 2.06 bits per heavy atom. The number of aromatic nitrogens is 2. The van der Waals surface area contributed by atoms with Crippen molar-refractivity contribution in [2.45, 2.75) is 0 Å². The first-order chi connectivity index (χ1) is 7.83. The minimum absolute atomic E-state index is 0.204. The van der Waals surface area contributed by atoms with E-state index in [-0.39, 0.29) is 16.8 Å². The second-order valence-electron chi connectivity index (χ2n) is 3.11. The van der Waals surface area contributed by atoms with Gasteiger partial charge in [0.05, 0.1) is 11.9 Å². The highest BCUT2D eigenvalue weighted by atomic mass is 16.4. The van der Waals surface area contributed by atoms with E-state index in [0.717, 1.165) is 0 Å². The van der Waals surface area contributed by atoms with Gasteiger partial charge in [-0.25, -0.2) is 4.98 Å². The van der Waals surface area contributed by atoms with Crippen LogP contribution in [0.15, 0.2) is 52.8 Å². The maximum atomic E-state index is 11.5. The topological polar surface area (TPSA) is 78.3 Å². The summed E-state index contributed by atoms with van der Waals surface area (Å²) in [7, 11) is 0. The molecule has 0 atom stereocenters. The molecule has 16 heavy (non-hydrogen) atoms. The zero-order valence-electron chi connectivity index (χ0n) is 8.29. The van der Waals surface area contributed by atoms with E-state index in [0.29, 0.717) is 5.56 Å². The lowest BCUT2D eigenvalue weighted by Crippen LogP contribution is -2.19. The van der Waals surface area contributed by atoms with Crippen molar-refractivity contribution in [3.05, 3.63) is 64.3 Å². The average Bonchev–Trinajstić information content (AvgIpc) is 2.34. The average molecular weight is 215 g/mol. The molecule has 0 aliphatic heterocycles. The molecule has 0 saturated heterocycles. The van der Waals surface area contributed by atoms with Crippen molar-refractivity contribution >= 4 is 5.71 Å². The standard InChI is InChI=1S/C11H9N3O2/c15-11-9(6-12-7-13-11)10(14-16)8-4-2-1-3-5-8/h1-7,16H,(H,12,13,15)/b14-10-. The molecule has 0 aliphatic carbocycles. The highest BCUT2D eigenvalue weighted by Gasteiger charge is 2.10. The number of oxime groups is 1. The summed E-state index contributed by atoms with van der Waals surface area (Å²) in [4.78, 5) is 17.7. The van der Waals surface area contributed by atoms with Gasteiger partial charge in [-0.2, -0.15) is 0 Å². The first kappa shape index (κ1) is 10.1. The number of nitrogens with zero attached hydrogens (tertiary/aromatic N) is 2. The fraction of sp³-hybridized carbons (Fsp3) is 0. The van der Waals surface area contributed by atoms with Gasteiger partial charge in [-0.3, -0.25) is 4.79 Å². The number of rotatable bonds is 2. The van der Waals surface area contributed by atoms with Gasteiger partial charge in [0.25, 0.3) is 5.56 Å². The Morgan fingerprint density at radius 1 is 1.31 bits per heavy atom. The van der Waals surface area contributed by atoms with Gasteiger partial charge in [0.2, 0.25) is 0 Å². The largest absolute Gasteiger partial charge is 0.410 e. The summed E-state index contributed by atoms with van der Waals surface area (Å²) in [6.07, 6.45) is 2.65. The van der Waals surface area contributed by atoms with Gasteiger partial charge in [-0.1, -0.05) is 35.5 Å². The molecule has 1 heterocycles. The summed E-state index contributed by atoms with van der Waals surface area (Å²) in [6, 6.07) is 8.94. The number of benzene rings is 1. The maximum absolute atomic E-state index is 11.5. The minimum atomic E-state index is -0.341.